The zero-order valence-corrected chi connectivity index (χ0v) is 11.9. The van der Waals surface area contributed by atoms with Gasteiger partial charge in [0.05, 0.1) is 18.1 Å². The van der Waals surface area contributed by atoms with E-state index in [0.717, 1.165) is 32.6 Å². The Morgan fingerprint density at radius 2 is 2.05 bits per heavy atom. The average Bonchev–Trinajstić information content (AvgIpc) is 2.82. The Morgan fingerprint density at radius 1 is 1.21 bits per heavy atom. The number of nitrogens with one attached hydrogen (secondary N) is 1. The van der Waals surface area contributed by atoms with E-state index in [4.69, 9.17) is 10.5 Å². The van der Waals surface area contributed by atoms with E-state index >= 15 is 0 Å². The summed E-state index contributed by atoms with van der Waals surface area (Å²) < 4.78 is 6.20. The fourth-order valence-electron chi connectivity index (χ4n) is 1.97. The summed E-state index contributed by atoms with van der Waals surface area (Å²) in [5.74, 6) is 1.57. The molecule has 0 bridgehead atoms. The van der Waals surface area contributed by atoms with E-state index in [0.29, 0.717) is 5.69 Å². The minimum atomic E-state index is 0.715. The molecule has 96 valence electrons. The van der Waals surface area contributed by atoms with Gasteiger partial charge in [0, 0.05) is 15.7 Å². The highest BCUT2D eigenvalue weighted by Crippen LogP contribution is 2.31. The Kier molecular flexibility index (Phi) is 2.91. The summed E-state index contributed by atoms with van der Waals surface area (Å²) in [6, 6.07) is 11.4. The molecule has 2 aromatic carbocycles. The number of imidazole rings is 1. The Labute approximate surface area is 118 Å². The molecule has 0 aliphatic rings. The fourth-order valence-corrected chi connectivity index (χ4v) is 2.40. The summed E-state index contributed by atoms with van der Waals surface area (Å²) in [5.41, 5.74) is 9.25. The molecule has 4 nitrogen and oxygen atoms in total. The van der Waals surface area contributed by atoms with E-state index in [9.17, 15) is 0 Å². The van der Waals surface area contributed by atoms with Crippen LogP contribution in [-0.2, 0) is 0 Å². The van der Waals surface area contributed by atoms with Gasteiger partial charge in [0.2, 0.25) is 0 Å². The van der Waals surface area contributed by atoms with Crippen molar-refractivity contribution in [3.05, 3.63) is 40.9 Å². The number of aromatic amines is 1. The smallest absolute Gasteiger partial charge is 0.139 e. The average molecular weight is 318 g/mol. The van der Waals surface area contributed by atoms with Gasteiger partial charge in [-0.15, -0.1) is 0 Å². The van der Waals surface area contributed by atoms with Crippen molar-refractivity contribution in [2.45, 2.75) is 0 Å². The van der Waals surface area contributed by atoms with Crippen molar-refractivity contribution in [3.8, 4) is 17.1 Å². The number of nitrogens with two attached hydrogens (primary N) is 1. The minimum Gasteiger partial charge on any atom is -0.497 e. The normalized spacial score (nSPS) is 10.8. The molecule has 0 fully saturated rings. The third-order valence-electron chi connectivity index (χ3n) is 2.93. The topological polar surface area (TPSA) is 63.9 Å². The molecule has 0 atom stereocenters. The van der Waals surface area contributed by atoms with Gasteiger partial charge >= 0.3 is 0 Å². The maximum atomic E-state index is 5.77. The van der Waals surface area contributed by atoms with E-state index in [1.54, 1.807) is 7.11 Å². The van der Waals surface area contributed by atoms with Crippen LogP contribution in [0.2, 0.25) is 0 Å². The van der Waals surface area contributed by atoms with Crippen LogP contribution in [0.5, 0.6) is 5.75 Å². The van der Waals surface area contributed by atoms with E-state index in [-0.39, 0.29) is 0 Å². The Balaban J connectivity index is 2.18. The number of nitrogen functional groups attached to an aromatic ring is 1. The number of H-pyrrole nitrogens is 1. The number of rotatable bonds is 2. The molecule has 0 amide bonds. The molecule has 3 rings (SSSR count). The molecule has 0 spiro atoms. The largest absolute Gasteiger partial charge is 0.497 e. The summed E-state index contributed by atoms with van der Waals surface area (Å²) in [6.45, 7) is 0. The molecular weight excluding hydrogens is 306 g/mol. The predicted molar refractivity (Wildman–Crippen MR) is 80.2 cm³/mol. The fraction of sp³-hybridized carbons (Fsp3) is 0.0714. The molecular formula is C14H12BrN3O. The van der Waals surface area contributed by atoms with Crippen LogP contribution in [-0.4, -0.2) is 17.1 Å². The number of hydrogen-bond donors (Lipinski definition) is 2. The van der Waals surface area contributed by atoms with Crippen molar-refractivity contribution in [1.29, 1.82) is 0 Å². The monoisotopic (exact) mass is 317 g/mol. The number of methoxy groups -OCH3 is 1. The van der Waals surface area contributed by atoms with Crippen LogP contribution >= 0.6 is 15.9 Å². The molecule has 5 heteroatoms. The SMILES string of the molecule is COc1ccc(Br)c(-c2nc3ccc(N)cc3[nH]2)c1. The first-order valence-corrected chi connectivity index (χ1v) is 6.56. The van der Waals surface area contributed by atoms with Gasteiger partial charge in [0.25, 0.3) is 0 Å². The van der Waals surface area contributed by atoms with Gasteiger partial charge in [-0.05, 0) is 36.4 Å². The van der Waals surface area contributed by atoms with Gasteiger partial charge in [-0.1, -0.05) is 15.9 Å². The standard InChI is InChI=1S/C14H12BrN3O/c1-19-9-3-4-11(15)10(7-9)14-17-12-5-2-8(16)6-13(12)18-14/h2-7H,16H2,1H3,(H,17,18). The van der Waals surface area contributed by atoms with Gasteiger partial charge in [-0.2, -0.15) is 0 Å². The Hall–Kier alpha value is -2.01. The van der Waals surface area contributed by atoms with E-state index in [2.05, 4.69) is 25.9 Å². The van der Waals surface area contributed by atoms with Crippen molar-refractivity contribution in [1.82, 2.24) is 9.97 Å². The highest BCUT2D eigenvalue weighted by atomic mass is 79.9. The van der Waals surface area contributed by atoms with Gasteiger partial charge in [-0.25, -0.2) is 4.98 Å². The lowest BCUT2D eigenvalue weighted by molar-refractivity contribution is 0.415. The number of anilines is 1. The first-order chi connectivity index (χ1) is 9.17. The van der Waals surface area contributed by atoms with Gasteiger partial charge in [0.1, 0.15) is 11.6 Å². The summed E-state index contributed by atoms with van der Waals surface area (Å²) >= 11 is 3.53. The highest BCUT2D eigenvalue weighted by Gasteiger charge is 2.10. The number of fused-ring (bicyclic) bond motifs is 1. The van der Waals surface area contributed by atoms with Crippen LogP contribution in [0.25, 0.3) is 22.4 Å². The van der Waals surface area contributed by atoms with Crippen molar-refractivity contribution in [2.24, 2.45) is 0 Å². The quantitative estimate of drug-likeness (QED) is 0.710. The number of aromatic nitrogens is 2. The van der Waals surface area contributed by atoms with Crippen LogP contribution in [0.15, 0.2) is 40.9 Å². The van der Waals surface area contributed by atoms with Gasteiger partial charge in [-0.3, -0.25) is 0 Å². The summed E-state index contributed by atoms with van der Waals surface area (Å²) in [7, 11) is 1.65. The van der Waals surface area contributed by atoms with Crippen molar-refractivity contribution < 1.29 is 4.74 Å². The number of benzene rings is 2. The predicted octanol–water partition coefficient (Wildman–Crippen LogP) is 3.58. The number of halogens is 1. The Morgan fingerprint density at radius 3 is 2.84 bits per heavy atom. The Bertz CT molecular complexity index is 752. The number of hydrogen-bond acceptors (Lipinski definition) is 3. The third-order valence-corrected chi connectivity index (χ3v) is 3.63. The van der Waals surface area contributed by atoms with Crippen LogP contribution in [0, 0.1) is 0 Å². The van der Waals surface area contributed by atoms with E-state index in [1.165, 1.54) is 0 Å². The van der Waals surface area contributed by atoms with Crippen molar-refractivity contribution in [3.63, 3.8) is 0 Å². The summed E-state index contributed by atoms with van der Waals surface area (Å²) in [4.78, 5) is 7.83. The third kappa shape index (κ3) is 2.17. The van der Waals surface area contributed by atoms with Crippen LogP contribution < -0.4 is 10.5 Å². The molecule has 0 radical (unpaired) electrons. The maximum Gasteiger partial charge on any atom is 0.139 e. The first kappa shape index (κ1) is 12.0. The second-order valence-corrected chi connectivity index (χ2v) is 5.06. The van der Waals surface area contributed by atoms with Gasteiger partial charge in [0.15, 0.2) is 0 Å². The molecule has 0 unspecified atom stereocenters. The van der Waals surface area contributed by atoms with Crippen molar-refractivity contribution >= 4 is 32.7 Å². The van der Waals surface area contributed by atoms with E-state index < -0.39 is 0 Å². The molecule has 0 aliphatic carbocycles. The molecule has 0 saturated carbocycles. The molecule has 3 N–H and O–H groups in total. The lowest BCUT2D eigenvalue weighted by atomic mass is 10.2. The van der Waals surface area contributed by atoms with Gasteiger partial charge < -0.3 is 15.5 Å². The summed E-state index contributed by atoms with van der Waals surface area (Å²) in [6.07, 6.45) is 0. The van der Waals surface area contributed by atoms with Crippen LogP contribution in [0.4, 0.5) is 5.69 Å². The molecule has 1 heterocycles. The second-order valence-electron chi connectivity index (χ2n) is 4.21. The molecule has 0 aliphatic heterocycles. The molecule has 1 aromatic heterocycles. The molecule has 3 aromatic rings. The molecule has 19 heavy (non-hydrogen) atoms. The highest BCUT2D eigenvalue weighted by molar-refractivity contribution is 9.10. The second kappa shape index (κ2) is 4.59. The van der Waals surface area contributed by atoms with Crippen molar-refractivity contribution in [2.75, 3.05) is 12.8 Å². The zero-order chi connectivity index (χ0) is 13.4. The van der Waals surface area contributed by atoms with Crippen LogP contribution in [0.3, 0.4) is 0 Å². The van der Waals surface area contributed by atoms with E-state index in [1.807, 2.05) is 36.4 Å². The van der Waals surface area contributed by atoms with Crippen LogP contribution in [0.1, 0.15) is 0 Å². The zero-order valence-electron chi connectivity index (χ0n) is 10.3. The number of nitrogens with zero attached hydrogens (tertiary/aromatic N) is 1. The first-order valence-electron chi connectivity index (χ1n) is 5.76. The lowest BCUT2D eigenvalue weighted by Crippen LogP contribution is -1.86. The lowest BCUT2D eigenvalue weighted by Gasteiger charge is -2.04. The minimum absolute atomic E-state index is 0.715. The number of ether oxygens (including phenoxy) is 1. The maximum absolute atomic E-state index is 5.77. The summed E-state index contributed by atoms with van der Waals surface area (Å²) in [5, 5.41) is 0. The molecule has 0 saturated heterocycles.